The Bertz CT molecular complexity index is 646. The molecular weight excluding hydrogens is 274 g/mol. The van der Waals surface area contributed by atoms with E-state index in [2.05, 4.69) is 10.5 Å². The SMILES string of the molecule is CC(Cc1ccccc1)=NNC(=O)c1ccc(N(C)C)cc1. The fraction of sp³-hybridized carbons (Fsp3) is 0.222. The second-order valence-corrected chi connectivity index (χ2v) is 5.39. The van der Waals surface area contributed by atoms with Crippen LogP contribution in [-0.4, -0.2) is 25.7 Å². The third-order valence-electron chi connectivity index (χ3n) is 3.30. The van der Waals surface area contributed by atoms with Gasteiger partial charge in [0, 0.05) is 37.5 Å². The van der Waals surface area contributed by atoms with Gasteiger partial charge in [0.15, 0.2) is 0 Å². The standard InChI is InChI=1S/C18H21N3O/c1-14(13-15-7-5-4-6-8-15)19-20-18(22)16-9-11-17(12-10-16)21(2)3/h4-12H,13H2,1-3H3,(H,20,22). The Morgan fingerprint density at radius 1 is 1.05 bits per heavy atom. The van der Waals surface area contributed by atoms with Gasteiger partial charge in [-0.1, -0.05) is 30.3 Å². The third-order valence-corrected chi connectivity index (χ3v) is 3.30. The molecule has 0 aliphatic carbocycles. The molecular formula is C18H21N3O. The first-order chi connectivity index (χ1) is 10.6. The molecule has 0 aliphatic heterocycles. The van der Waals surface area contributed by atoms with Gasteiger partial charge in [-0.3, -0.25) is 4.79 Å². The summed E-state index contributed by atoms with van der Waals surface area (Å²) >= 11 is 0. The monoisotopic (exact) mass is 295 g/mol. The van der Waals surface area contributed by atoms with E-state index in [9.17, 15) is 4.79 Å². The van der Waals surface area contributed by atoms with Crippen LogP contribution in [0.5, 0.6) is 0 Å². The van der Waals surface area contributed by atoms with Crippen LogP contribution in [0.1, 0.15) is 22.8 Å². The Hall–Kier alpha value is -2.62. The van der Waals surface area contributed by atoms with Crippen LogP contribution in [-0.2, 0) is 6.42 Å². The summed E-state index contributed by atoms with van der Waals surface area (Å²) in [5.74, 6) is -0.197. The van der Waals surface area contributed by atoms with Gasteiger partial charge in [-0.05, 0) is 36.8 Å². The van der Waals surface area contributed by atoms with Crippen molar-refractivity contribution >= 4 is 17.3 Å². The predicted molar refractivity (Wildman–Crippen MR) is 91.5 cm³/mol. The number of amides is 1. The van der Waals surface area contributed by atoms with Crippen molar-refractivity contribution in [2.45, 2.75) is 13.3 Å². The van der Waals surface area contributed by atoms with Crippen LogP contribution in [0.2, 0.25) is 0 Å². The van der Waals surface area contributed by atoms with Crippen molar-refractivity contribution in [1.82, 2.24) is 5.43 Å². The number of nitrogens with one attached hydrogen (secondary N) is 1. The van der Waals surface area contributed by atoms with E-state index in [0.717, 1.165) is 17.8 Å². The highest BCUT2D eigenvalue weighted by molar-refractivity contribution is 5.95. The minimum Gasteiger partial charge on any atom is -0.378 e. The van der Waals surface area contributed by atoms with Crippen LogP contribution < -0.4 is 10.3 Å². The van der Waals surface area contributed by atoms with Gasteiger partial charge in [0.1, 0.15) is 0 Å². The van der Waals surface area contributed by atoms with E-state index in [0.29, 0.717) is 5.56 Å². The van der Waals surface area contributed by atoms with Crippen molar-refractivity contribution in [2.75, 3.05) is 19.0 Å². The summed E-state index contributed by atoms with van der Waals surface area (Å²) in [6.45, 7) is 1.91. The number of nitrogens with zero attached hydrogens (tertiary/aromatic N) is 2. The highest BCUT2D eigenvalue weighted by Gasteiger charge is 2.05. The first kappa shape index (κ1) is 15.8. The number of hydrogen-bond donors (Lipinski definition) is 1. The predicted octanol–water partition coefficient (Wildman–Crippen LogP) is 3.10. The molecule has 2 rings (SSSR count). The summed E-state index contributed by atoms with van der Waals surface area (Å²) in [7, 11) is 3.93. The lowest BCUT2D eigenvalue weighted by molar-refractivity contribution is 0.0954. The molecule has 0 saturated heterocycles. The summed E-state index contributed by atoms with van der Waals surface area (Å²) in [5.41, 5.74) is 6.30. The number of carbonyl (C=O) groups is 1. The summed E-state index contributed by atoms with van der Waals surface area (Å²) in [6, 6.07) is 17.5. The fourth-order valence-electron chi connectivity index (χ4n) is 2.05. The summed E-state index contributed by atoms with van der Waals surface area (Å²) in [4.78, 5) is 14.0. The summed E-state index contributed by atoms with van der Waals surface area (Å²) < 4.78 is 0. The quantitative estimate of drug-likeness (QED) is 0.680. The molecule has 2 aromatic rings. The largest absolute Gasteiger partial charge is 0.378 e. The van der Waals surface area contributed by atoms with Gasteiger partial charge in [0.2, 0.25) is 0 Å². The molecule has 0 heterocycles. The van der Waals surface area contributed by atoms with Crippen molar-refractivity contribution in [1.29, 1.82) is 0 Å². The first-order valence-corrected chi connectivity index (χ1v) is 7.21. The van der Waals surface area contributed by atoms with E-state index in [-0.39, 0.29) is 5.91 Å². The zero-order valence-electron chi connectivity index (χ0n) is 13.2. The molecule has 1 amide bonds. The zero-order valence-corrected chi connectivity index (χ0v) is 13.2. The van der Waals surface area contributed by atoms with Gasteiger partial charge < -0.3 is 4.90 Å². The molecule has 0 bridgehead atoms. The van der Waals surface area contributed by atoms with E-state index >= 15 is 0 Å². The molecule has 0 radical (unpaired) electrons. The first-order valence-electron chi connectivity index (χ1n) is 7.21. The number of benzene rings is 2. The molecule has 114 valence electrons. The van der Waals surface area contributed by atoms with Crippen molar-refractivity contribution < 1.29 is 4.79 Å². The van der Waals surface area contributed by atoms with Crippen molar-refractivity contribution in [3.05, 3.63) is 65.7 Å². The minimum atomic E-state index is -0.197. The highest BCUT2D eigenvalue weighted by Crippen LogP contribution is 2.12. The second-order valence-electron chi connectivity index (χ2n) is 5.39. The lowest BCUT2D eigenvalue weighted by Crippen LogP contribution is -2.19. The maximum absolute atomic E-state index is 12.1. The average Bonchev–Trinajstić information content (AvgIpc) is 2.53. The topological polar surface area (TPSA) is 44.7 Å². The van der Waals surface area contributed by atoms with E-state index in [1.807, 2.05) is 68.4 Å². The second kappa shape index (κ2) is 7.41. The molecule has 22 heavy (non-hydrogen) atoms. The van der Waals surface area contributed by atoms with Crippen LogP contribution in [0.15, 0.2) is 59.7 Å². The van der Waals surface area contributed by atoms with Gasteiger partial charge in [-0.15, -0.1) is 0 Å². The molecule has 0 spiro atoms. The minimum absolute atomic E-state index is 0.197. The molecule has 4 heteroatoms. The lowest BCUT2D eigenvalue weighted by atomic mass is 10.1. The third kappa shape index (κ3) is 4.45. The van der Waals surface area contributed by atoms with Gasteiger partial charge >= 0.3 is 0 Å². The molecule has 0 aromatic heterocycles. The maximum Gasteiger partial charge on any atom is 0.271 e. The summed E-state index contributed by atoms with van der Waals surface area (Å²) in [5, 5.41) is 4.16. The Morgan fingerprint density at radius 3 is 2.27 bits per heavy atom. The highest BCUT2D eigenvalue weighted by atomic mass is 16.2. The summed E-state index contributed by atoms with van der Waals surface area (Å²) in [6.07, 6.45) is 0.723. The van der Waals surface area contributed by atoms with Crippen LogP contribution >= 0.6 is 0 Å². The van der Waals surface area contributed by atoms with Gasteiger partial charge in [0.25, 0.3) is 5.91 Å². The number of hydrogen-bond acceptors (Lipinski definition) is 3. The fourth-order valence-corrected chi connectivity index (χ4v) is 2.05. The molecule has 0 saturated carbocycles. The molecule has 4 nitrogen and oxygen atoms in total. The molecule has 0 aliphatic rings. The normalized spacial score (nSPS) is 11.1. The van der Waals surface area contributed by atoms with Gasteiger partial charge in [-0.25, -0.2) is 5.43 Å². The van der Waals surface area contributed by atoms with E-state index in [1.54, 1.807) is 12.1 Å². The number of rotatable bonds is 5. The van der Waals surface area contributed by atoms with Crippen molar-refractivity contribution in [3.8, 4) is 0 Å². The Balaban J connectivity index is 1.95. The van der Waals surface area contributed by atoms with Crippen LogP contribution in [0.25, 0.3) is 0 Å². The molecule has 0 unspecified atom stereocenters. The van der Waals surface area contributed by atoms with Crippen molar-refractivity contribution in [3.63, 3.8) is 0 Å². The Kier molecular flexibility index (Phi) is 5.31. The average molecular weight is 295 g/mol. The van der Waals surface area contributed by atoms with Gasteiger partial charge in [0.05, 0.1) is 0 Å². The zero-order chi connectivity index (χ0) is 15.9. The molecule has 2 aromatic carbocycles. The number of anilines is 1. The Labute approximate surface area is 131 Å². The number of hydrazone groups is 1. The van der Waals surface area contributed by atoms with Gasteiger partial charge in [-0.2, -0.15) is 5.10 Å². The molecule has 0 fully saturated rings. The van der Waals surface area contributed by atoms with Crippen molar-refractivity contribution in [2.24, 2.45) is 5.10 Å². The van der Waals surface area contributed by atoms with E-state index in [1.165, 1.54) is 5.56 Å². The molecule has 0 atom stereocenters. The van der Waals surface area contributed by atoms with E-state index in [4.69, 9.17) is 0 Å². The smallest absolute Gasteiger partial charge is 0.271 e. The van der Waals surface area contributed by atoms with Crippen LogP contribution in [0.3, 0.4) is 0 Å². The van der Waals surface area contributed by atoms with Crippen LogP contribution in [0, 0.1) is 0 Å². The maximum atomic E-state index is 12.1. The molecule has 1 N–H and O–H groups in total. The van der Waals surface area contributed by atoms with Crippen LogP contribution in [0.4, 0.5) is 5.69 Å². The number of carbonyl (C=O) groups excluding carboxylic acids is 1. The van der Waals surface area contributed by atoms with E-state index < -0.39 is 0 Å². The lowest BCUT2D eigenvalue weighted by Gasteiger charge is -2.12. The Morgan fingerprint density at radius 2 is 1.68 bits per heavy atom.